The molecule has 4 rings (SSSR count). The Kier molecular flexibility index (Phi) is 4.50. The van der Waals surface area contributed by atoms with Crippen LogP contribution in [0.4, 0.5) is 0 Å². The first kappa shape index (κ1) is 16.3. The second-order valence-corrected chi connectivity index (χ2v) is 7.65. The molecule has 1 aromatic heterocycles. The topological polar surface area (TPSA) is 42.4 Å². The fraction of sp³-hybridized carbons (Fsp3) is 0.444. The van der Waals surface area contributed by atoms with Crippen molar-refractivity contribution in [3.8, 4) is 0 Å². The van der Waals surface area contributed by atoms with E-state index >= 15 is 0 Å². The fourth-order valence-electron chi connectivity index (χ4n) is 3.78. The zero-order valence-corrected chi connectivity index (χ0v) is 15.5. The summed E-state index contributed by atoms with van der Waals surface area (Å²) in [4.78, 5) is 19.6. The number of amides is 1. The number of hydrogen-bond acceptors (Lipinski definition) is 3. The van der Waals surface area contributed by atoms with Crippen LogP contribution in [0.2, 0.25) is 5.02 Å². The number of fused-ring (bicyclic) bond motifs is 2. The molecule has 1 aliphatic heterocycles. The zero-order valence-electron chi connectivity index (χ0n) is 13.2. The SMILES string of the molecule is O=C(c1cc(Cl)c2cccc(Br)c2n1)N1CCOC2CCCCC21. The van der Waals surface area contributed by atoms with Crippen LogP contribution in [0.25, 0.3) is 10.9 Å². The molecule has 2 aromatic rings. The number of nitrogens with zero attached hydrogens (tertiary/aromatic N) is 2. The van der Waals surface area contributed by atoms with Crippen LogP contribution in [0.5, 0.6) is 0 Å². The number of carbonyl (C=O) groups excluding carboxylic acids is 1. The van der Waals surface area contributed by atoms with Crippen LogP contribution in [0.3, 0.4) is 0 Å². The van der Waals surface area contributed by atoms with Gasteiger partial charge in [0, 0.05) is 16.4 Å². The minimum atomic E-state index is -0.0465. The number of hydrogen-bond donors (Lipinski definition) is 0. The lowest BCUT2D eigenvalue weighted by atomic mass is 9.90. The fourth-order valence-corrected chi connectivity index (χ4v) is 4.49. The van der Waals surface area contributed by atoms with E-state index in [1.807, 2.05) is 23.1 Å². The van der Waals surface area contributed by atoms with E-state index in [9.17, 15) is 4.79 Å². The van der Waals surface area contributed by atoms with Crippen molar-refractivity contribution in [3.05, 3.63) is 39.5 Å². The summed E-state index contributed by atoms with van der Waals surface area (Å²) < 4.78 is 6.71. The smallest absolute Gasteiger partial charge is 0.272 e. The van der Waals surface area contributed by atoms with Crippen molar-refractivity contribution >= 4 is 44.3 Å². The predicted octanol–water partition coefficient (Wildman–Crippen LogP) is 4.43. The Labute approximate surface area is 154 Å². The quantitative estimate of drug-likeness (QED) is 0.699. The van der Waals surface area contributed by atoms with Crippen molar-refractivity contribution in [3.63, 3.8) is 0 Å². The van der Waals surface area contributed by atoms with E-state index in [4.69, 9.17) is 16.3 Å². The third-order valence-corrected chi connectivity index (χ3v) is 5.90. The Morgan fingerprint density at radius 1 is 1.33 bits per heavy atom. The molecule has 2 aliphatic rings. The summed E-state index contributed by atoms with van der Waals surface area (Å²) in [5.41, 5.74) is 1.13. The Morgan fingerprint density at radius 3 is 3.04 bits per heavy atom. The number of pyridine rings is 1. The number of ether oxygens (including phenoxy) is 1. The third kappa shape index (κ3) is 2.83. The summed E-state index contributed by atoms with van der Waals surface area (Å²) in [6.07, 6.45) is 4.52. The van der Waals surface area contributed by atoms with Gasteiger partial charge >= 0.3 is 0 Å². The summed E-state index contributed by atoms with van der Waals surface area (Å²) in [5, 5.41) is 1.40. The highest BCUT2D eigenvalue weighted by molar-refractivity contribution is 9.10. The van der Waals surface area contributed by atoms with E-state index in [1.54, 1.807) is 6.07 Å². The minimum absolute atomic E-state index is 0.0465. The van der Waals surface area contributed by atoms with E-state index < -0.39 is 0 Å². The third-order valence-electron chi connectivity index (χ3n) is 4.95. The maximum Gasteiger partial charge on any atom is 0.272 e. The first-order valence-corrected chi connectivity index (χ1v) is 9.49. The van der Waals surface area contributed by atoms with E-state index in [0.29, 0.717) is 23.9 Å². The van der Waals surface area contributed by atoms with E-state index in [1.165, 1.54) is 6.42 Å². The van der Waals surface area contributed by atoms with Gasteiger partial charge in [0.15, 0.2) is 0 Å². The van der Waals surface area contributed by atoms with Gasteiger partial charge < -0.3 is 9.64 Å². The highest BCUT2D eigenvalue weighted by atomic mass is 79.9. The van der Waals surface area contributed by atoms with Gasteiger partial charge in [-0.3, -0.25) is 4.79 Å². The normalized spacial score (nSPS) is 24.0. The molecule has 1 aliphatic carbocycles. The average molecular weight is 410 g/mol. The molecule has 2 atom stereocenters. The monoisotopic (exact) mass is 408 g/mol. The van der Waals surface area contributed by atoms with Crippen LogP contribution in [-0.4, -0.2) is 41.1 Å². The number of benzene rings is 1. The molecule has 24 heavy (non-hydrogen) atoms. The van der Waals surface area contributed by atoms with E-state index in [-0.39, 0.29) is 18.1 Å². The molecule has 0 spiro atoms. The number of carbonyl (C=O) groups is 1. The maximum absolute atomic E-state index is 13.1. The molecule has 2 heterocycles. The zero-order chi connectivity index (χ0) is 16.7. The summed E-state index contributed by atoms with van der Waals surface area (Å²) in [7, 11) is 0. The van der Waals surface area contributed by atoms with Crippen LogP contribution < -0.4 is 0 Å². The molecule has 0 bridgehead atoms. The van der Waals surface area contributed by atoms with Crippen LogP contribution in [0.15, 0.2) is 28.7 Å². The molecular formula is C18H18BrClN2O2. The van der Waals surface area contributed by atoms with Gasteiger partial charge in [0.05, 0.1) is 29.3 Å². The van der Waals surface area contributed by atoms with Gasteiger partial charge in [-0.25, -0.2) is 4.98 Å². The van der Waals surface area contributed by atoms with Gasteiger partial charge in [-0.05, 0) is 40.9 Å². The Hall–Kier alpha value is -1.17. The van der Waals surface area contributed by atoms with Gasteiger partial charge in [0.2, 0.25) is 0 Å². The molecule has 1 amide bonds. The molecule has 1 saturated heterocycles. The molecule has 126 valence electrons. The van der Waals surface area contributed by atoms with Gasteiger partial charge in [-0.15, -0.1) is 0 Å². The summed E-state index contributed by atoms with van der Waals surface area (Å²) in [6, 6.07) is 7.58. The Balaban J connectivity index is 1.71. The molecule has 0 radical (unpaired) electrons. The van der Waals surface area contributed by atoms with Crippen molar-refractivity contribution < 1.29 is 9.53 Å². The minimum Gasteiger partial charge on any atom is -0.374 e. The number of rotatable bonds is 1. The Morgan fingerprint density at radius 2 is 2.17 bits per heavy atom. The first-order chi connectivity index (χ1) is 11.6. The first-order valence-electron chi connectivity index (χ1n) is 8.32. The highest BCUT2D eigenvalue weighted by Crippen LogP contribution is 2.32. The summed E-state index contributed by atoms with van der Waals surface area (Å²) >= 11 is 9.90. The standard InChI is InChI=1S/C18H18BrClN2O2/c19-12-5-3-4-11-13(20)10-14(21-17(11)12)18(23)22-8-9-24-16-7-2-1-6-15(16)22/h3-5,10,15-16H,1-2,6-9H2. The van der Waals surface area contributed by atoms with Crippen molar-refractivity contribution in [1.82, 2.24) is 9.88 Å². The number of morpholine rings is 1. The molecule has 4 nitrogen and oxygen atoms in total. The van der Waals surface area contributed by atoms with E-state index in [2.05, 4.69) is 20.9 Å². The second kappa shape index (κ2) is 6.62. The van der Waals surface area contributed by atoms with Gasteiger partial charge in [0.1, 0.15) is 5.69 Å². The highest BCUT2D eigenvalue weighted by Gasteiger charge is 2.37. The Bertz CT molecular complexity index is 796. The molecule has 0 N–H and O–H groups in total. The average Bonchev–Trinajstić information content (AvgIpc) is 2.61. The van der Waals surface area contributed by atoms with Crippen LogP contribution in [0, 0.1) is 0 Å². The largest absolute Gasteiger partial charge is 0.374 e. The van der Waals surface area contributed by atoms with E-state index in [0.717, 1.165) is 34.6 Å². The van der Waals surface area contributed by atoms with Gasteiger partial charge in [-0.2, -0.15) is 0 Å². The summed E-state index contributed by atoms with van der Waals surface area (Å²) in [5.74, 6) is -0.0465. The van der Waals surface area contributed by atoms with Crippen molar-refractivity contribution in [2.45, 2.75) is 37.8 Å². The molecule has 2 fully saturated rings. The maximum atomic E-state index is 13.1. The number of aromatic nitrogens is 1. The lowest BCUT2D eigenvalue weighted by Crippen LogP contribution is -2.55. The molecule has 2 unspecified atom stereocenters. The van der Waals surface area contributed by atoms with Crippen LogP contribution in [0.1, 0.15) is 36.2 Å². The van der Waals surface area contributed by atoms with Gasteiger partial charge in [0.25, 0.3) is 5.91 Å². The second-order valence-electron chi connectivity index (χ2n) is 6.38. The van der Waals surface area contributed by atoms with Crippen molar-refractivity contribution in [1.29, 1.82) is 0 Å². The van der Waals surface area contributed by atoms with Crippen molar-refractivity contribution in [2.24, 2.45) is 0 Å². The molecule has 6 heteroatoms. The summed E-state index contributed by atoms with van der Waals surface area (Å²) in [6.45, 7) is 1.21. The number of para-hydroxylation sites is 1. The molecule has 1 saturated carbocycles. The number of halogens is 2. The molecule has 1 aromatic carbocycles. The van der Waals surface area contributed by atoms with Crippen LogP contribution in [-0.2, 0) is 4.74 Å². The molecular weight excluding hydrogens is 392 g/mol. The van der Waals surface area contributed by atoms with Gasteiger partial charge in [-0.1, -0.05) is 36.6 Å². The predicted molar refractivity (Wildman–Crippen MR) is 97.5 cm³/mol. The van der Waals surface area contributed by atoms with Crippen molar-refractivity contribution in [2.75, 3.05) is 13.2 Å². The lowest BCUT2D eigenvalue weighted by Gasteiger charge is -2.43. The van der Waals surface area contributed by atoms with Crippen LogP contribution >= 0.6 is 27.5 Å². The lowest BCUT2D eigenvalue weighted by molar-refractivity contribution is -0.0754.